The summed E-state index contributed by atoms with van der Waals surface area (Å²) >= 11 is 1.47. The van der Waals surface area contributed by atoms with Gasteiger partial charge in [0.05, 0.1) is 22.5 Å². The van der Waals surface area contributed by atoms with Crippen molar-refractivity contribution in [2.45, 2.75) is 17.8 Å². The minimum absolute atomic E-state index is 0.135. The Morgan fingerprint density at radius 3 is 2.57 bits per heavy atom. The molecule has 0 saturated heterocycles. The number of benzene rings is 2. The predicted molar refractivity (Wildman–Crippen MR) is 111 cm³/mol. The van der Waals surface area contributed by atoms with Crippen molar-refractivity contribution in [2.75, 3.05) is 0 Å². The van der Waals surface area contributed by atoms with Crippen LogP contribution in [0, 0.1) is 18.3 Å². The van der Waals surface area contributed by atoms with Crippen molar-refractivity contribution >= 4 is 22.7 Å². The third kappa shape index (κ3) is 3.53. The Labute approximate surface area is 166 Å². The Hall–Kier alpha value is -3.43. The minimum atomic E-state index is -0.135. The molecule has 0 N–H and O–H groups in total. The number of pyridine rings is 1. The summed E-state index contributed by atoms with van der Waals surface area (Å²) in [6.07, 6.45) is 1.74. The second-order valence-corrected chi connectivity index (χ2v) is 7.29. The fourth-order valence-corrected chi connectivity index (χ4v) is 3.78. The van der Waals surface area contributed by atoms with Crippen molar-refractivity contribution in [3.8, 4) is 11.9 Å². The number of nitriles is 1. The van der Waals surface area contributed by atoms with Crippen LogP contribution in [0.25, 0.3) is 16.7 Å². The molecule has 6 heteroatoms. The average molecular weight is 384 g/mol. The molecule has 0 unspecified atom stereocenters. The molecule has 0 bridgehead atoms. The Morgan fingerprint density at radius 1 is 1.07 bits per heavy atom. The SMILES string of the molecule is Cc1ccc(-n2c(SCc3ccc(C#N)cc3)nc3ccccc3c2=O)nc1. The Kier molecular flexibility index (Phi) is 4.92. The van der Waals surface area contributed by atoms with Crippen LogP contribution in [0.3, 0.4) is 0 Å². The van der Waals surface area contributed by atoms with Gasteiger partial charge in [-0.3, -0.25) is 4.79 Å². The molecule has 2 aromatic carbocycles. The molecule has 0 atom stereocenters. The number of rotatable bonds is 4. The van der Waals surface area contributed by atoms with Gasteiger partial charge in [0, 0.05) is 11.9 Å². The van der Waals surface area contributed by atoms with Gasteiger partial charge in [-0.1, -0.05) is 42.1 Å². The maximum atomic E-state index is 13.2. The van der Waals surface area contributed by atoms with Crippen molar-refractivity contribution in [2.24, 2.45) is 0 Å². The van der Waals surface area contributed by atoms with Crippen LogP contribution in [0.4, 0.5) is 0 Å². The highest BCUT2D eigenvalue weighted by atomic mass is 32.2. The van der Waals surface area contributed by atoms with E-state index in [0.29, 0.717) is 33.2 Å². The van der Waals surface area contributed by atoms with E-state index in [0.717, 1.165) is 11.1 Å². The molecule has 4 rings (SSSR count). The monoisotopic (exact) mass is 384 g/mol. The summed E-state index contributed by atoms with van der Waals surface area (Å²) in [4.78, 5) is 22.3. The summed E-state index contributed by atoms with van der Waals surface area (Å²) in [5.74, 6) is 1.18. The first kappa shape index (κ1) is 18.0. The number of aryl methyl sites for hydroxylation is 1. The van der Waals surface area contributed by atoms with E-state index in [1.807, 2.05) is 49.4 Å². The molecule has 0 radical (unpaired) electrons. The molecular formula is C22H16N4OS. The number of hydrogen-bond acceptors (Lipinski definition) is 5. The van der Waals surface area contributed by atoms with Crippen LogP contribution in [0.15, 0.2) is 76.8 Å². The third-order valence-electron chi connectivity index (χ3n) is 4.32. The first-order chi connectivity index (χ1) is 13.7. The van der Waals surface area contributed by atoms with E-state index in [2.05, 4.69) is 11.1 Å². The van der Waals surface area contributed by atoms with Crippen LogP contribution in [0.1, 0.15) is 16.7 Å². The van der Waals surface area contributed by atoms with E-state index in [1.54, 1.807) is 29.0 Å². The van der Waals surface area contributed by atoms with Crippen LogP contribution in [0.5, 0.6) is 0 Å². The van der Waals surface area contributed by atoms with Crippen LogP contribution < -0.4 is 5.56 Å². The lowest BCUT2D eigenvalue weighted by Crippen LogP contribution is -2.22. The van der Waals surface area contributed by atoms with Gasteiger partial charge in [0.1, 0.15) is 5.82 Å². The highest BCUT2D eigenvalue weighted by molar-refractivity contribution is 7.98. The molecule has 2 heterocycles. The average Bonchev–Trinajstić information content (AvgIpc) is 2.74. The van der Waals surface area contributed by atoms with E-state index in [-0.39, 0.29) is 5.56 Å². The van der Waals surface area contributed by atoms with Gasteiger partial charge >= 0.3 is 0 Å². The first-order valence-corrected chi connectivity index (χ1v) is 9.71. The summed E-state index contributed by atoms with van der Waals surface area (Å²) in [7, 11) is 0. The molecule has 0 aliphatic carbocycles. The zero-order valence-corrected chi connectivity index (χ0v) is 16.0. The molecule has 5 nitrogen and oxygen atoms in total. The highest BCUT2D eigenvalue weighted by Gasteiger charge is 2.14. The molecule has 0 amide bonds. The minimum Gasteiger partial charge on any atom is -0.268 e. The molecular weight excluding hydrogens is 368 g/mol. The van der Waals surface area contributed by atoms with E-state index in [1.165, 1.54) is 11.8 Å². The predicted octanol–water partition coefficient (Wildman–Crippen LogP) is 4.25. The summed E-state index contributed by atoms with van der Waals surface area (Å²) in [6, 6.07) is 20.6. The van der Waals surface area contributed by atoms with Crippen LogP contribution in [0.2, 0.25) is 0 Å². The molecule has 0 aliphatic heterocycles. The maximum absolute atomic E-state index is 13.2. The maximum Gasteiger partial charge on any atom is 0.267 e. The van der Waals surface area contributed by atoms with Gasteiger partial charge < -0.3 is 0 Å². The first-order valence-electron chi connectivity index (χ1n) is 8.72. The Balaban J connectivity index is 1.79. The van der Waals surface area contributed by atoms with Crippen LogP contribution in [-0.2, 0) is 5.75 Å². The van der Waals surface area contributed by atoms with Gasteiger partial charge in [0.15, 0.2) is 5.16 Å². The Morgan fingerprint density at radius 2 is 1.86 bits per heavy atom. The fraction of sp³-hybridized carbons (Fsp3) is 0.0909. The molecule has 136 valence electrons. The normalized spacial score (nSPS) is 10.7. The molecule has 2 aromatic heterocycles. The second-order valence-electron chi connectivity index (χ2n) is 6.34. The number of aromatic nitrogens is 3. The van der Waals surface area contributed by atoms with Crippen molar-refractivity contribution < 1.29 is 0 Å². The number of para-hydroxylation sites is 1. The standard InChI is InChI=1S/C22H16N4OS/c1-15-6-11-20(24-13-15)26-21(27)18-4-2-3-5-19(18)25-22(26)28-14-17-9-7-16(12-23)8-10-17/h2-11,13H,14H2,1H3. The topological polar surface area (TPSA) is 71.6 Å². The quantitative estimate of drug-likeness (QED) is 0.388. The van der Waals surface area contributed by atoms with Crippen molar-refractivity contribution in [1.29, 1.82) is 5.26 Å². The smallest absolute Gasteiger partial charge is 0.267 e. The van der Waals surface area contributed by atoms with Gasteiger partial charge in [-0.25, -0.2) is 14.5 Å². The lowest BCUT2D eigenvalue weighted by Gasteiger charge is -2.12. The summed E-state index contributed by atoms with van der Waals surface area (Å²) in [6.45, 7) is 1.96. The lowest BCUT2D eigenvalue weighted by molar-refractivity contribution is 0.794. The third-order valence-corrected chi connectivity index (χ3v) is 5.33. The van der Waals surface area contributed by atoms with Gasteiger partial charge in [-0.05, 0) is 48.4 Å². The number of thioether (sulfide) groups is 1. The van der Waals surface area contributed by atoms with Crippen molar-refractivity contribution in [3.63, 3.8) is 0 Å². The summed E-state index contributed by atoms with van der Waals surface area (Å²) < 4.78 is 1.57. The molecule has 4 aromatic rings. The van der Waals surface area contributed by atoms with Crippen molar-refractivity contribution in [1.82, 2.24) is 14.5 Å². The van der Waals surface area contributed by atoms with E-state index in [9.17, 15) is 4.79 Å². The van der Waals surface area contributed by atoms with Crippen molar-refractivity contribution in [3.05, 3.63) is 93.9 Å². The molecule has 28 heavy (non-hydrogen) atoms. The van der Waals surface area contributed by atoms with E-state index in [4.69, 9.17) is 10.2 Å². The molecule has 0 spiro atoms. The molecule has 0 fully saturated rings. The van der Waals surface area contributed by atoms with E-state index >= 15 is 0 Å². The second kappa shape index (κ2) is 7.67. The summed E-state index contributed by atoms with van der Waals surface area (Å²) in [5, 5.41) is 10.1. The number of nitrogens with zero attached hydrogens (tertiary/aromatic N) is 4. The van der Waals surface area contributed by atoms with Gasteiger partial charge in [-0.15, -0.1) is 0 Å². The fourth-order valence-electron chi connectivity index (χ4n) is 2.83. The molecule has 0 saturated carbocycles. The lowest BCUT2D eigenvalue weighted by atomic mass is 10.2. The number of fused-ring (bicyclic) bond motifs is 1. The van der Waals surface area contributed by atoms with Gasteiger partial charge in [0.25, 0.3) is 5.56 Å². The Bertz CT molecular complexity index is 1240. The molecule has 0 aliphatic rings. The van der Waals surface area contributed by atoms with Crippen LogP contribution in [-0.4, -0.2) is 14.5 Å². The van der Waals surface area contributed by atoms with Gasteiger partial charge in [0.2, 0.25) is 0 Å². The summed E-state index contributed by atoms with van der Waals surface area (Å²) in [5.41, 5.74) is 3.23. The zero-order chi connectivity index (χ0) is 19.5. The number of hydrogen-bond donors (Lipinski definition) is 0. The largest absolute Gasteiger partial charge is 0.268 e. The highest BCUT2D eigenvalue weighted by Crippen LogP contribution is 2.24. The van der Waals surface area contributed by atoms with E-state index < -0.39 is 0 Å². The van der Waals surface area contributed by atoms with Crippen LogP contribution >= 0.6 is 11.8 Å². The van der Waals surface area contributed by atoms with Gasteiger partial charge in [-0.2, -0.15) is 5.26 Å². The zero-order valence-electron chi connectivity index (χ0n) is 15.2.